The SMILES string of the molecule is CC[C@@H](O)[C@@H](O)CCO[C@H]1O[C@H](CO)[C@H](O)[C@H](O)[C@H]1O. The van der Waals surface area contributed by atoms with Crippen molar-refractivity contribution in [3.05, 3.63) is 0 Å². The summed E-state index contributed by atoms with van der Waals surface area (Å²) in [5, 5.41) is 56.7. The molecule has 1 rings (SSSR count). The van der Waals surface area contributed by atoms with E-state index in [4.69, 9.17) is 14.6 Å². The molecule has 0 saturated carbocycles. The van der Waals surface area contributed by atoms with E-state index in [0.29, 0.717) is 6.42 Å². The van der Waals surface area contributed by atoms with E-state index in [1.165, 1.54) is 0 Å². The molecular formula is C12H24O8. The summed E-state index contributed by atoms with van der Waals surface area (Å²) in [5.41, 5.74) is 0. The number of aliphatic hydroxyl groups is 6. The first-order valence-corrected chi connectivity index (χ1v) is 6.70. The Morgan fingerprint density at radius 2 is 1.70 bits per heavy atom. The van der Waals surface area contributed by atoms with Gasteiger partial charge in [-0.05, 0) is 12.8 Å². The Labute approximate surface area is 117 Å². The molecule has 0 radical (unpaired) electrons. The molecule has 0 spiro atoms. The van der Waals surface area contributed by atoms with Gasteiger partial charge < -0.3 is 40.1 Å². The van der Waals surface area contributed by atoms with Crippen molar-refractivity contribution in [3.63, 3.8) is 0 Å². The molecule has 6 N–H and O–H groups in total. The van der Waals surface area contributed by atoms with Gasteiger partial charge in [-0.1, -0.05) is 6.92 Å². The quantitative estimate of drug-likeness (QED) is 0.299. The van der Waals surface area contributed by atoms with Crippen LogP contribution in [0.25, 0.3) is 0 Å². The Bertz CT molecular complexity index is 274. The lowest BCUT2D eigenvalue weighted by Gasteiger charge is -2.39. The van der Waals surface area contributed by atoms with Gasteiger partial charge in [-0.2, -0.15) is 0 Å². The Hall–Kier alpha value is -0.320. The van der Waals surface area contributed by atoms with E-state index in [-0.39, 0.29) is 13.0 Å². The maximum absolute atomic E-state index is 9.69. The van der Waals surface area contributed by atoms with E-state index in [1.54, 1.807) is 6.92 Å². The van der Waals surface area contributed by atoms with E-state index in [0.717, 1.165) is 0 Å². The molecule has 1 aliphatic heterocycles. The standard InChI is InChI=1S/C12H24O8/c1-2-6(14)7(15)3-4-19-12-11(18)10(17)9(16)8(5-13)20-12/h6-18H,2-5H2,1H3/t6-,7+,8-,9+,10+,11-,12+/m1/s1. The maximum Gasteiger partial charge on any atom is 0.186 e. The van der Waals surface area contributed by atoms with Crippen LogP contribution in [0.4, 0.5) is 0 Å². The molecule has 0 aliphatic carbocycles. The van der Waals surface area contributed by atoms with Gasteiger partial charge in [0.1, 0.15) is 24.4 Å². The third-order valence-corrected chi connectivity index (χ3v) is 3.41. The number of hydrogen-bond acceptors (Lipinski definition) is 8. The van der Waals surface area contributed by atoms with Crippen LogP contribution in [-0.4, -0.2) is 86.8 Å². The lowest BCUT2D eigenvalue weighted by molar-refractivity contribution is -0.302. The summed E-state index contributed by atoms with van der Waals surface area (Å²) in [6.07, 6.45) is -7.88. The van der Waals surface area contributed by atoms with Crippen LogP contribution >= 0.6 is 0 Å². The molecule has 0 aromatic rings. The molecule has 1 aliphatic rings. The summed E-state index contributed by atoms with van der Waals surface area (Å²) in [4.78, 5) is 0. The second-order valence-corrected chi connectivity index (χ2v) is 4.90. The summed E-state index contributed by atoms with van der Waals surface area (Å²) in [5.74, 6) is 0. The molecule has 0 amide bonds. The predicted octanol–water partition coefficient (Wildman–Crippen LogP) is -2.68. The van der Waals surface area contributed by atoms with Gasteiger partial charge in [-0.3, -0.25) is 0 Å². The minimum Gasteiger partial charge on any atom is -0.394 e. The Kier molecular flexibility index (Phi) is 7.27. The zero-order valence-corrected chi connectivity index (χ0v) is 11.4. The summed E-state index contributed by atoms with van der Waals surface area (Å²) in [6.45, 7) is 1.19. The van der Waals surface area contributed by atoms with Crippen LogP contribution in [0.15, 0.2) is 0 Å². The minimum atomic E-state index is -1.49. The van der Waals surface area contributed by atoms with Crippen LogP contribution in [0.1, 0.15) is 19.8 Å². The van der Waals surface area contributed by atoms with Gasteiger partial charge in [0.15, 0.2) is 6.29 Å². The van der Waals surface area contributed by atoms with Gasteiger partial charge in [0.25, 0.3) is 0 Å². The smallest absolute Gasteiger partial charge is 0.186 e. The molecule has 1 fully saturated rings. The van der Waals surface area contributed by atoms with Crippen molar-refractivity contribution in [3.8, 4) is 0 Å². The minimum absolute atomic E-state index is 0.0130. The summed E-state index contributed by atoms with van der Waals surface area (Å²) in [6, 6.07) is 0. The molecule has 0 aromatic carbocycles. The van der Waals surface area contributed by atoms with Crippen molar-refractivity contribution in [1.29, 1.82) is 0 Å². The molecule has 7 atom stereocenters. The first-order chi connectivity index (χ1) is 9.42. The van der Waals surface area contributed by atoms with E-state index in [1.807, 2.05) is 0 Å². The largest absolute Gasteiger partial charge is 0.394 e. The molecule has 1 heterocycles. The van der Waals surface area contributed by atoms with Crippen molar-refractivity contribution in [2.45, 2.75) is 62.7 Å². The fraction of sp³-hybridized carbons (Fsp3) is 1.00. The molecule has 120 valence electrons. The van der Waals surface area contributed by atoms with Gasteiger partial charge in [0.2, 0.25) is 0 Å². The van der Waals surface area contributed by atoms with Gasteiger partial charge in [-0.25, -0.2) is 0 Å². The van der Waals surface area contributed by atoms with Gasteiger partial charge in [0, 0.05) is 0 Å². The van der Waals surface area contributed by atoms with Crippen molar-refractivity contribution < 1.29 is 40.1 Å². The van der Waals surface area contributed by atoms with Crippen LogP contribution in [0.3, 0.4) is 0 Å². The lowest BCUT2D eigenvalue weighted by Crippen LogP contribution is -2.59. The van der Waals surface area contributed by atoms with Crippen LogP contribution in [0.2, 0.25) is 0 Å². The summed E-state index contributed by atoms with van der Waals surface area (Å²) >= 11 is 0. The molecule has 0 aromatic heterocycles. The van der Waals surface area contributed by atoms with Gasteiger partial charge in [0.05, 0.1) is 25.4 Å². The highest BCUT2D eigenvalue weighted by Gasteiger charge is 2.43. The van der Waals surface area contributed by atoms with Crippen molar-refractivity contribution in [2.75, 3.05) is 13.2 Å². The van der Waals surface area contributed by atoms with E-state index in [2.05, 4.69) is 0 Å². The van der Waals surface area contributed by atoms with E-state index in [9.17, 15) is 25.5 Å². The van der Waals surface area contributed by atoms with Crippen LogP contribution in [0, 0.1) is 0 Å². The second-order valence-electron chi connectivity index (χ2n) is 4.90. The zero-order valence-electron chi connectivity index (χ0n) is 11.4. The van der Waals surface area contributed by atoms with Gasteiger partial charge >= 0.3 is 0 Å². The fourth-order valence-electron chi connectivity index (χ4n) is 1.97. The van der Waals surface area contributed by atoms with Crippen LogP contribution < -0.4 is 0 Å². The van der Waals surface area contributed by atoms with Crippen LogP contribution in [0.5, 0.6) is 0 Å². The highest BCUT2D eigenvalue weighted by atomic mass is 16.7. The average Bonchev–Trinajstić information content (AvgIpc) is 2.46. The molecule has 20 heavy (non-hydrogen) atoms. The maximum atomic E-state index is 9.69. The fourth-order valence-corrected chi connectivity index (χ4v) is 1.97. The van der Waals surface area contributed by atoms with Crippen molar-refractivity contribution in [1.82, 2.24) is 0 Å². The van der Waals surface area contributed by atoms with E-state index < -0.39 is 49.5 Å². The molecule has 8 nitrogen and oxygen atoms in total. The Morgan fingerprint density at radius 1 is 1.05 bits per heavy atom. The highest BCUT2D eigenvalue weighted by molar-refractivity contribution is 4.88. The third kappa shape index (κ3) is 4.34. The Balaban J connectivity index is 2.42. The molecule has 0 unspecified atom stereocenters. The number of ether oxygens (including phenoxy) is 2. The second kappa shape index (κ2) is 8.20. The highest BCUT2D eigenvalue weighted by Crippen LogP contribution is 2.22. The van der Waals surface area contributed by atoms with E-state index >= 15 is 0 Å². The zero-order chi connectivity index (χ0) is 15.3. The molecule has 1 saturated heterocycles. The average molecular weight is 296 g/mol. The Morgan fingerprint density at radius 3 is 2.25 bits per heavy atom. The third-order valence-electron chi connectivity index (χ3n) is 3.41. The van der Waals surface area contributed by atoms with Crippen LogP contribution in [-0.2, 0) is 9.47 Å². The summed E-state index contributed by atoms with van der Waals surface area (Å²) < 4.78 is 10.3. The molecule has 0 bridgehead atoms. The lowest BCUT2D eigenvalue weighted by atomic mass is 9.99. The number of hydrogen-bond donors (Lipinski definition) is 6. The number of rotatable bonds is 7. The first-order valence-electron chi connectivity index (χ1n) is 6.70. The first kappa shape index (κ1) is 17.7. The van der Waals surface area contributed by atoms with Gasteiger partial charge in [-0.15, -0.1) is 0 Å². The normalized spacial score (nSPS) is 37.6. The molecule has 8 heteroatoms. The number of aliphatic hydroxyl groups excluding tert-OH is 6. The van der Waals surface area contributed by atoms with Crippen molar-refractivity contribution >= 4 is 0 Å². The monoisotopic (exact) mass is 296 g/mol. The van der Waals surface area contributed by atoms with Crippen molar-refractivity contribution in [2.24, 2.45) is 0 Å². The molecular weight excluding hydrogens is 272 g/mol. The predicted molar refractivity (Wildman–Crippen MR) is 66.6 cm³/mol. The summed E-state index contributed by atoms with van der Waals surface area (Å²) in [7, 11) is 0. The topological polar surface area (TPSA) is 140 Å².